The maximum atomic E-state index is 12.8. The SMILES string of the molecule is O=C(CCCBr)CCc1ccc(F)cc1Cl. The number of aryl methyl sites for hydroxylation is 1. The van der Waals surface area contributed by atoms with Crippen molar-refractivity contribution in [2.45, 2.75) is 25.7 Å². The third kappa shape index (κ3) is 4.62. The molecule has 0 aliphatic heterocycles. The van der Waals surface area contributed by atoms with Crippen molar-refractivity contribution in [2.24, 2.45) is 0 Å². The van der Waals surface area contributed by atoms with Gasteiger partial charge in [-0.05, 0) is 30.5 Å². The van der Waals surface area contributed by atoms with Gasteiger partial charge in [0.2, 0.25) is 0 Å². The first-order chi connectivity index (χ1) is 7.63. The highest BCUT2D eigenvalue weighted by Gasteiger charge is 2.06. The van der Waals surface area contributed by atoms with E-state index in [9.17, 15) is 9.18 Å². The van der Waals surface area contributed by atoms with Gasteiger partial charge in [-0.25, -0.2) is 4.39 Å². The maximum absolute atomic E-state index is 12.8. The van der Waals surface area contributed by atoms with Crippen LogP contribution in [0.5, 0.6) is 0 Å². The number of carbonyl (C=O) groups is 1. The molecule has 0 amide bonds. The van der Waals surface area contributed by atoms with Gasteiger partial charge in [-0.15, -0.1) is 0 Å². The minimum Gasteiger partial charge on any atom is -0.300 e. The van der Waals surface area contributed by atoms with Gasteiger partial charge < -0.3 is 0 Å². The topological polar surface area (TPSA) is 17.1 Å². The minimum atomic E-state index is -0.348. The Balaban J connectivity index is 2.45. The van der Waals surface area contributed by atoms with Gasteiger partial charge in [-0.2, -0.15) is 0 Å². The zero-order valence-corrected chi connectivity index (χ0v) is 11.2. The number of hydrogen-bond acceptors (Lipinski definition) is 1. The Bertz CT molecular complexity index is 368. The van der Waals surface area contributed by atoms with Crippen LogP contribution in [0.4, 0.5) is 4.39 Å². The van der Waals surface area contributed by atoms with E-state index >= 15 is 0 Å². The highest BCUT2D eigenvalue weighted by atomic mass is 79.9. The van der Waals surface area contributed by atoms with Crippen molar-refractivity contribution in [2.75, 3.05) is 5.33 Å². The Morgan fingerprint density at radius 2 is 2.12 bits per heavy atom. The number of benzene rings is 1. The zero-order chi connectivity index (χ0) is 12.0. The number of alkyl halides is 1. The van der Waals surface area contributed by atoms with Crippen molar-refractivity contribution in [3.63, 3.8) is 0 Å². The van der Waals surface area contributed by atoms with E-state index in [-0.39, 0.29) is 11.6 Å². The summed E-state index contributed by atoms with van der Waals surface area (Å²) in [4.78, 5) is 11.4. The van der Waals surface area contributed by atoms with Gasteiger partial charge in [-0.3, -0.25) is 4.79 Å². The van der Waals surface area contributed by atoms with E-state index < -0.39 is 0 Å². The molecule has 0 heterocycles. The molecule has 0 saturated heterocycles. The first kappa shape index (κ1) is 13.7. The van der Waals surface area contributed by atoms with Crippen molar-refractivity contribution in [1.82, 2.24) is 0 Å². The standard InChI is InChI=1S/C12H13BrClFO/c13-7-1-2-11(16)6-4-9-3-5-10(15)8-12(9)14/h3,5,8H,1-2,4,6-7H2. The second-order valence-electron chi connectivity index (χ2n) is 3.57. The molecule has 0 bridgehead atoms. The van der Waals surface area contributed by atoms with Gasteiger partial charge >= 0.3 is 0 Å². The fourth-order valence-electron chi connectivity index (χ4n) is 1.39. The summed E-state index contributed by atoms with van der Waals surface area (Å²) in [6.45, 7) is 0. The Morgan fingerprint density at radius 1 is 1.38 bits per heavy atom. The zero-order valence-electron chi connectivity index (χ0n) is 8.81. The van der Waals surface area contributed by atoms with Crippen LogP contribution in [-0.4, -0.2) is 11.1 Å². The lowest BCUT2D eigenvalue weighted by Gasteiger charge is -2.03. The summed E-state index contributed by atoms with van der Waals surface area (Å²) in [5.41, 5.74) is 0.829. The molecule has 16 heavy (non-hydrogen) atoms. The monoisotopic (exact) mass is 306 g/mol. The summed E-state index contributed by atoms with van der Waals surface area (Å²) in [7, 11) is 0. The predicted octanol–water partition coefficient (Wildman–Crippen LogP) is 4.16. The fourth-order valence-corrected chi connectivity index (χ4v) is 1.93. The van der Waals surface area contributed by atoms with Crippen LogP contribution in [0.25, 0.3) is 0 Å². The maximum Gasteiger partial charge on any atom is 0.133 e. The Labute approximate surface area is 108 Å². The molecule has 1 aromatic carbocycles. The first-order valence-corrected chi connectivity index (χ1v) is 6.65. The molecule has 1 aromatic rings. The Hall–Kier alpha value is -0.410. The number of ketones is 1. The molecule has 0 atom stereocenters. The second kappa shape index (κ2) is 7.02. The van der Waals surface area contributed by atoms with Crippen molar-refractivity contribution in [3.05, 3.63) is 34.6 Å². The quantitative estimate of drug-likeness (QED) is 0.721. The van der Waals surface area contributed by atoms with Gasteiger partial charge in [0.05, 0.1) is 0 Å². The van der Waals surface area contributed by atoms with Gasteiger partial charge in [0.25, 0.3) is 0 Å². The molecule has 0 aromatic heterocycles. The molecular weight excluding hydrogens is 294 g/mol. The van der Waals surface area contributed by atoms with Crippen LogP contribution in [0, 0.1) is 5.82 Å². The molecule has 88 valence electrons. The summed E-state index contributed by atoms with van der Waals surface area (Å²) in [6, 6.07) is 4.28. The van der Waals surface area contributed by atoms with Crippen LogP contribution in [0.15, 0.2) is 18.2 Å². The van der Waals surface area contributed by atoms with Crippen LogP contribution >= 0.6 is 27.5 Å². The number of hydrogen-bond donors (Lipinski definition) is 0. The average molecular weight is 308 g/mol. The van der Waals surface area contributed by atoms with Crippen molar-refractivity contribution in [1.29, 1.82) is 0 Å². The summed E-state index contributed by atoms with van der Waals surface area (Å²) in [5.74, 6) is -0.126. The Morgan fingerprint density at radius 3 is 2.75 bits per heavy atom. The summed E-state index contributed by atoms with van der Waals surface area (Å²) >= 11 is 9.14. The van der Waals surface area contributed by atoms with Crippen molar-refractivity contribution < 1.29 is 9.18 Å². The second-order valence-corrected chi connectivity index (χ2v) is 4.77. The van der Waals surface area contributed by atoms with E-state index in [1.54, 1.807) is 6.07 Å². The Kier molecular flexibility index (Phi) is 5.99. The number of rotatable bonds is 6. The molecule has 1 nitrogen and oxygen atoms in total. The van der Waals surface area contributed by atoms with Gasteiger partial charge in [0.15, 0.2) is 0 Å². The van der Waals surface area contributed by atoms with E-state index in [1.165, 1.54) is 12.1 Å². The molecule has 0 radical (unpaired) electrons. The van der Waals surface area contributed by atoms with E-state index in [1.807, 2.05) is 0 Å². The highest BCUT2D eigenvalue weighted by molar-refractivity contribution is 9.09. The molecule has 0 aliphatic rings. The number of halogens is 3. The fraction of sp³-hybridized carbons (Fsp3) is 0.417. The summed E-state index contributed by atoms with van der Waals surface area (Å²) < 4.78 is 12.8. The molecule has 0 unspecified atom stereocenters. The third-order valence-corrected chi connectivity index (χ3v) is 3.19. The molecule has 4 heteroatoms. The van der Waals surface area contributed by atoms with Crippen LogP contribution < -0.4 is 0 Å². The summed E-state index contributed by atoms with van der Waals surface area (Å²) in [5, 5.41) is 1.24. The molecule has 0 N–H and O–H groups in total. The molecular formula is C12H13BrClFO. The van der Waals surface area contributed by atoms with Gasteiger partial charge in [-0.1, -0.05) is 33.6 Å². The molecule has 1 rings (SSSR count). The van der Waals surface area contributed by atoms with Gasteiger partial charge in [0, 0.05) is 23.2 Å². The van der Waals surface area contributed by atoms with Gasteiger partial charge in [0.1, 0.15) is 11.6 Å². The lowest BCUT2D eigenvalue weighted by Crippen LogP contribution is -2.01. The summed E-state index contributed by atoms with van der Waals surface area (Å²) in [6.07, 6.45) is 2.50. The molecule has 0 spiro atoms. The lowest BCUT2D eigenvalue weighted by atomic mass is 10.1. The first-order valence-electron chi connectivity index (χ1n) is 5.15. The van der Waals surface area contributed by atoms with Crippen LogP contribution in [0.3, 0.4) is 0 Å². The highest BCUT2D eigenvalue weighted by Crippen LogP contribution is 2.19. The molecule has 0 fully saturated rings. The molecule has 0 saturated carbocycles. The molecule has 0 aliphatic carbocycles. The van der Waals surface area contributed by atoms with Crippen molar-refractivity contribution in [3.8, 4) is 0 Å². The number of carbonyl (C=O) groups excluding carboxylic acids is 1. The third-order valence-electron chi connectivity index (χ3n) is 2.28. The minimum absolute atomic E-state index is 0.222. The van der Waals surface area contributed by atoms with E-state index in [0.29, 0.717) is 24.3 Å². The van der Waals surface area contributed by atoms with E-state index in [4.69, 9.17) is 11.6 Å². The van der Waals surface area contributed by atoms with Crippen LogP contribution in [0.1, 0.15) is 24.8 Å². The van der Waals surface area contributed by atoms with Crippen LogP contribution in [-0.2, 0) is 11.2 Å². The van der Waals surface area contributed by atoms with Crippen LogP contribution in [0.2, 0.25) is 5.02 Å². The lowest BCUT2D eigenvalue weighted by molar-refractivity contribution is -0.119. The normalized spacial score (nSPS) is 10.4. The smallest absolute Gasteiger partial charge is 0.133 e. The predicted molar refractivity (Wildman–Crippen MR) is 67.8 cm³/mol. The van der Waals surface area contributed by atoms with Crippen molar-refractivity contribution >= 4 is 33.3 Å². The van der Waals surface area contributed by atoms with E-state index in [0.717, 1.165) is 17.3 Å². The number of Topliss-reactive ketones (excluding diaryl/α,β-unsaturated/α-hetero) is 1. The largest absolute Gasteiger partial charge is 0.300 e. The average Bonchev–Trinajstić information content (AvgIpc) is 2.25. The van der Waals surface area contributed by atoms with E-state index in [2.05, 4.69) is 15.9 Å².